The predicted molar refractivity (Wildman–Crippen MR) is 81.4 cm³/mol. The minimum Gasteiger partial charge on any atom is -0.636 e. The zero-order chi connectivity index (χ0) is 13.9. The highest BCUT2D eigenvalue weighted by Crippen LogP contribution is 2.56. The van der Waals surface area contributed by atoms with Crippen LogP contribution in [0.4, 0.5) is 0 Å². The minimum absolute atomic E-state index is 0.393. The van der Waals surface area contributed by atoms with Gasteiger partial charge < -0.3 is 4.89 Å². The smallest absolute Gasteiger partial charge is 0.182 e. The van der Waals surface area contributed by atoms with E-state index in [0.717, 1.165) is 13.0 Å². The summed E-state index contributed by atoms with van der Waals surface area (Å²) in [5, 5.41) is 3.44. The third kappa shape index (κ3) is 3.55. The van der Waals surface area contributed by atoms with E-state index in [4.69, 9.17) is 23.2 Å². The molecular weight excluding hydrogens is 304 g/mol. The number of nitrogens with zero attached hydrogens (tertiary/aromatic N) is 2. The molecule has 19 heavy (non-hydrogen) atoms. The average molecular weight is 328 g/mol. The van der Waals surface area contributed by atoms with Gasteiger partial charge in [0.15, 0.2) is 7.94 Å². The molecule has 0 aromatic rings. The molecule has 112 valence electrons. The molecule has 2 aliphatic rings. The lowest BCUT2D eigenvalue weighted by Crippen LogP contribution is -2.59. The number of fused-ring (bicyclic) bond motifs is 1. The lowest BCUT2D eigenvalue weighted by atomic mass is 9.85. The molecule has 0 spiro atoms. The zero-order valence-electron chi connectivity index (χ0n) is 11.5. The maximum Gasteiger partial charge on any atom is 0.182 e. The van der Waals surface area contributed by atoms with Gasteiger partial charge in [-0.1, -0.05) is 12.8 Å². The molecule has 1 aliphatic heterocycles. The van der Waals surface area contributed by atoms with Crippen molar-refractivity contribution in [3.8, 4) is 0 Å². The minimum atomic E-state index is -2.69. The molecule has 0 radical (unpaired) electrons. The number of halogens is 2. The summed E-state index contributed by atoms with van der Waals surface area (Å²) in [4.78, 5) is 13.3. The van der Waals surface area contributed by atoms with E-state index >= 15 is 0 Å². The Morgan fingerprint density at radius 1 is 1.26 bits per heavy atom. The Labute approximate surface area is 127 Å². The van der Waals surface area contributed by atoms with E-state index < -0.39 is 7.94 Å². The Bertz CT molecular complexity index is 294. The Morgan fingerprint density at radius 2 is 1.89 bits per heavy atom. The molecule has 0 aromatic heterocycles. The normalized spacial score (nSPS) is 36.5. The van der Waals surface area contributed by atoms with Crippen LogP contribution < -0.4 is 9.98 Å². The Balaban J connectivity index is 2.10. The van der Waals surface area contributed by atoms with Crippen molar-refractivity contribution < 1.29 is 4.89 Å². The maximum absolute atomic E-state index is 13.3. The van der Waals surface area contributed by atoms with Gasteiger partial charge in [-0.25, -0.2) is 0 Å². The summed E-state index contributed by atoms with van der Waals surface area (Å²) in [5.74, 6) is 1.59. The fourth-order valence-electron chi connectivity index (χ4n) is 3.24. The van der Waals surface area contributed by atoms with Crippen LogP contribution in [-0.2, 0) is 0 Å². The summed E-state index contributed by atoms with van der Waals surface area (Å²) in [7, 11) is -0.737. The van der Waals surface area contributed by atoms with Crippen molar-refractivity contribution in [2.45, 2.75) is 31.7 Å². The van der Waals surface area contributed by atoms with E-state index in [9.17, 15) is 4.89 Å². The van der Waals surface area contributed by atoms with Gasteiger partial charge in [-0.3, -0.25) is 0 Å². The fourth-order valence-corrected chi connectivity index (χ4v) is 6.62. The van der Waals surface area contributed by atoms with Crippen LogP contribution in [0.25, 0.3) is 0 Å². The summed E-state index contributed by atoms with van der Waals surface area (Å²) < 4.78 is 3.94. The van der Waals surface area contributed by atoms with Crippen molar-refractivity contribution in [3.63, 3.8) is 0 Å². The van der Waals surface area contributed by atoms with Crippen LogP contribution in [0, 0.1) is 5.92 Å². The van der Waals surface area contributed by atoms with Crippen molar-refractivity contribution in [3.05, 3.63) is 0 Å². The second kappa shape index (κ2) is 7.22. The predicted octanol–water partition coefficient (Wildman–Crippen LogP) is 1.90. The second-order valence-electron chi connectivity index (χ2n) is 5.50. The highest BCUT2D eigenvalue weighted by atomic mass is 35.5. The van der Waals surface area contributed by atoms with Gasteiger partial charge in [0.05, 0.1) is 0 Å². The van der Waals surface area contributed by atoms with Gasteiger partial charge in [0.2, 0.25) is 0 Å². The van der Waals surface area contributed by atoms with E-state index in [1.165, 1.54) is 19.3 Å². The van der Waals surface area contributed by atoms with Crippen LogP contribution in [0.15, 0.2) is 0 Å². The second-order valence-corrected chi connectivity index (χ2v) is 8.85. The highest BCUT2D eigenvalue weighted by Gasteiger charge is 2.48. The van der Waals surface area contributed by atoms with Crippen molar-refractivity contribution in [1.82, 2.24) is 14.4 Å². The molecule has 7 heteroatoms. The van der Waals surface area contributed by atoms with E-state index in [1.54, 1.807) is 0 Å². The molecule has 2 rings (SSSR count). The first-order chi connectivity index (χ1) is 9.11. The summed E-state index contributed by atoms with van der Waals surface area (Å²) in [5.41, 5.74) is 0. The van der Waals surface area contributed by atoms with Gasteiger partial charge >= 0.3 is 0 Å². The number of hydrogen-bond acceptors (Lipinski definition) is 4. The molecule has 4 nitrogen and oxygen atoms in total. The van der Waals surface area contributed by atoms with E-state index in [2.05, 4.69) is 5.09 Å². The number of hydrogen-bond donors (Lipinski definition) is 1. The third-order valence-corrected chi connectivity index (χ3v) is 7.53. The Morgan fingerprint density at radius 3 is 2.53 bits per heavy atom. The Hall–Kier alpha value is 0.850. The van der Waals surface area contributed by atoms with E-state index in [-0.39, 0.29) is 0 Å². The molecular formula is C12H24Cl2N3OP. The van der Waals surface area contributed by atoms with Crippen molar-refractivity contribution in [2.75, 3.05) is 38.4 Å². The summed E-state index contributed by atoms with van der Waals surface area (Å²) in [6.45, 7) is 2.14. The first kappa shape index (κ1) is 16.2. The van der Waals surface area contributed by atoms with E-state index in [1.807, 2.05) is 16.4 Å². The van der Waals surface area contributed by atoms with Gasteiger partial charge in [0.1, 0.15) is 0 Å². The zero-order valence-corrected chi connectivity index (χ0v) is 13.9. The Kier molecular flexibility index (Phi) is 6.16. The first-order valence-electron chi connectivity index (χ1n) is 7.08. The monoisotopic (exact) mass is 327 g/mol. The van der Waals surface area contributed by atoms with Crippen molar-refractivity contribution in [1.29, 1.82) is 0 Å². The molecule has 1 saturated carbocycles. The standard InChI is InChI=1S/C12H24Cl2N3OP/c1-16-10-11-4-2-3-5-12(11)15-19(16,18)17(8-6-13)9-7-14/h11-12H,2-10H2,1H3,(H,15,18)/t11-,12-,19?/m1/s1. The van der Waals surface area contributed by atoms with Crippen LogP contribution in [0.3, 0.4) is 0 Å². The topological polar surface area (TPSA) is 41.6 Å². The molecule has 1 unspecified atom stereocenters. The van der Waals surface area contributed by atoms with Crippen LogP contribution in [0.5, 0.6) is 0 Å². The SMILES string of the molecule is CN1C[C@H]2CCCC[C@H]2N[P+]1([O-])N(CCCl)CCCl. The van der Waals surface area contributed by atoms with Crippen LogP contribution in [0.2, 0.25) is 0 Å². The van der Waals surface area contributed by atoms with Gasteiger partial charge in [-0.2, -0.15) is 9.76 Å². The molecule has 1 heterocycles. The lowest BCUT2D eigenvalue weighted by Gasteiger charge is -2.52. The highest BCUT2D eigenvalue weighted by molar-refractivity contribution is 7.62. The number of rotatable bonds is 5. The van der Waals surface area contributed by atoms with Gasteiger partial charge in [-0.05, 0) is 18.8 Å². The summed E-state index contributed by atoms with van der Waals surface area (Å²) in [6, 6.07) is 0.393. The van der Waals surface area contributed by atoms with Crippen LogP contribution in [-0.4, -0.2) is 53.8 Å². The van der Waals surface area contributed by atoms with E-state index in [0.29, 0.717) is 36.8 Å². The van der Waals surface area contributed by atoms with Crippen molar-refractivity contribution >= 4 is 31.1 Å². The summed E-state index contributed by atoms with van der Waals surface area (Å²) >= 11 is 11.7. The van der Waals surface area contributed by atoms with Gasteiger partial charge in [-0.15, -0.1) is 27.9 Å². The largest absolute Gasteiger partial charge is 0.636 e. The van der Waals surface area contributed by atoms with Crippen molar-refractivity contribution in [2.24, 2.45) is 5.92 Å². The fraction of sp³-hybridized carbons (Fsp3) is 1.00. The molecule has 1 N–H and O–H groups in total. The average Bonchev–Trinajstić information content (AvgIpc) is 2.40. The van der Waals surface area contributed by atoms with Crippen LogP contribution in [0.1, 0.15) is 25.7 Å². The van der Waals surface area contributed by atoms with Gasteiger partial charge in [0.25, 0.3) is 0 Å². The molecule has 1 aliphatic carbocycles. The molecule has 2 fully saturated rings. The summed E-state index contributed by atoms with van der Waals surface area (Å²) in [6.07, 6.45) is 4.92. The third-order valence-electron chi connectivity index (χ3n) is 4.27. The number of nitrogens with one attached hydrogen (secondary N) is 1. The maximum atomic E-state index is 13.3. The molecule has 3 atom stereocenters. The molecule has 0 bridgehead atoms. The molecule has 0 amide bonds. The first-order valence-corrected chi connectivity index (χ1v) is 9.76. The molecule has 0 aromatic carbocycles. The van der Waals surface area contributed by atoms with Crippen LogP contribution >= 0.6 is 31.1 Å². The number of alkyl halides is 2. The quantitative estimate of drug-likeness (QED) is 0.618. The molecule has 1 saturated heterocycles. The lowest BCUT2D eigenvalue weighted by molar-refractivity contribution is -0.202. The van der Waals surface area contributed by atoms with Gasteiger partial charge in [0, 0.05) is 44.5 Å².